The second-order valence-corrected chi connectivity index (χ2v) is 2.69. The van der Waals surface area contributed by atoms with Crippen LogP contribution in [-0.4, -0.2) is 67.6 Å². The average Bonchev–Trinajstić information content (AvgIpc) is 2.22. The number of aliphatic hydroxyl groups is 3. The number of aliphatic hydroxyl groups excluding tert-OH is 3. The van der Waals surface area contributed by atoms with Crippen molar-refractivity contribution in [2.24, 2.45) is 0 Å². The van der Waals surface area contributed by atoms with E-state index in [-0.39, 0.29) is 19.8 Å². The summed E-state index contributed by atoms with van der Waals surface area (Å²) < 4.78 is 5.22. The highest BCUT2D eigenvalue weighted by molar-refractivity contribution is 4.53. The van der Waals surface area contributed by atoms with Crippen molar-refractivity contribution < 1.29 is 20.1 Å². The van der Waals surface area contributed by atoms with Crippen LogP contribution in [-0.2, 0) is 4.74 Å². The van der Waals surface area contributed by atoms with E-state index >= 15 is 0 Å². The van der Waals surface area contributed by atoms with Gasteiger partial charge in [0.15, 0.2) is 0 Å². The predicted octanol–water partition coefficient (Wildman–Crippen LogP) is -2.51. The minimum atomic E-state index is -0.432. The van der Waals surface area contributed by atoms with Gasteiger partial charge in [-0.2, -0.15) is 0 Å². The molecule has 0 aromatic rings. The van der Waals surface area contributed by atoms with Crippen LogP contribution in [0.1, 0.15) is 0 Å². The van der Waals surface area contributed by atoms with Crippen LogP contribution in [0.2, 0.25) is 0 Å². The summed E-state index contributed by atoms with van der Waals surface area (Å²) in [6, 6.07) is 0. The van der Waals surface area contributed by atoms with E-state index in [0.29, 0.717) is 26.2 Å². The Morgan fingerprint density at radius 1 is 1.00 bits per heavy atom. The zero-order valence-electron chi connectivity index (χ0n) is 8.28. The Balaban J connectivity index is 3.24. The van der Waals surface area contributed by atoms with E-state index in [1.54, 1.807) is 0 Å². The lowest BCUT2D eigenvalue weighted by atomic mass is 10.5. The summed E-state index contributed by atoms with van der Waals surface area (Å²) in [4.78, 5) is 0. The lowest BCUT2D eigenvalue weighted by Gasteiger charge is -2.16. The first-order chi connectivity index (χ1) is 6.85. The molecule has 0 amide bonds. The summed E-state index contributed by atoms with van der Waals surface area (Å²) in [7, 11) is 0. The van der Waals surface area contributed by atoms with Gasteiger partial charge in [0.05, 0.1) is 26.4 Å². The third kappa shape index (κ3) is 8.36. The quantitative estimate of drug-likeness (QED) is 0.201. The van der Waals surface area contributed by atoms with E-state index in [1.165, 1.54) is 0 Å². The summed E-state index contributed by atoms with van der Waals surface area (Å²) in [6.45, 7) is 2.00. The van der Waals surface area contributed by atoms with Gasteiger partial charge in [-0.05, 0) is 0 Å². The summed E-state index contributed by atoms with van der Waals surface area (Å²) >= 11 is 0. The van der Waals surface area contributed by atoms with Gasteiger partial charge >= 0.3 is 0 Å². The van der Waals surface area contributed by atoms with Gasteiger partial charge in [0.25, 0.3) is 0 Å². The van der Waals surface area contributed by atoms with Gasteiger partial charge in [0, 0.05) is 19.6 Å². The van der Waals surface area contributed by atoms with Gasteiger partial charge < -0.3 is 25.4 Å². The fourth-order valence-electron chi connectivity index (χ4n) is 0.879. The van der Waals surface area contributed by atoms with Gasteiger partial charge in [-0.3, -0.25) is 5.32 Å². The van der Waals surface area contributed by atoms with Crippen molar-refractivity contribution in [1.29, 1.82) is 0 Å². The molecule has 0 fully saturated rings. The smallest absolute Gasteiger partial charge is 0.131 e. The highest BCUT2D eigenvalue weighted by Crippen LogP contribution is 1.84. The molecule has 0 aromatic heterocycles. The zero-order valence-corrected chi connectivity index (χ0v) is 8.28. The molecule has 14 heavy (non-hydrogen) atoms. The van der Waals surface area contributed by atoms with E-state index in [2.05, 4.69) is 10.6 Å². The number of hydrogen-bond donors (Lipinski definition) is 5. The first kappa shape index (κ1) is 13.8. The van der Waals surface area contributed by atoms with Crippen LogP contribution in [0, 0.1) is 0 Å². The van der Waals surface area contributed by atoms with Crippen molar-refractivity contribution in [1.82, 2.24) is 10.6 Å². The van der Waals surface area contributed by atoms with E-state index in [4.69, 9.17) is 20.1 Å². The normalized spacial score (nSPS) is 13.1. The SMILES string of the molecule is OCCNCCOC(CO)NCCO. The monoisotopic (exact) mass is 208 g/mol. The Kier molecular flexibility index (Phi) is 10.7. The molecule has 6 nitrogen and oxygen atoms in total. The number of hydrogen-bond acceptors (Lipinski definition) is 6. The van der Waals surface area contributed by atoms with Crippen LogP contribution in [0.3, 0.4) is 0 Å². The molecule has 0 aliphatic rings. The van der Waals surface area contributed by atoms with Crippen molar-refractivity contribution in [2.75, 3.05) is 46.1 Å². The molecule has 6 heteroatoms. The molecule has 0 saturated heterocycles. The molecule has 5 N–H and O–H groups in total. The Morgan fingerprint density at radius 2 is 1.71 bits per heavy atom. The van der Waals surface area contributed by atoms with Crippen molar-refractivity contribution in [3.63, 3.8) is 0 Å². The molecule has 0 heterocycles. The average molecular weight is 208 g/mol. The molecule has 0 aliphatic heterocycles. The van der Waals surface area contributed by atoms with Crippen LogP contribution in [0.15, 0.2) is 0 Å². The Bertz CT molecular complexity index is 116. The van der Waals surface area contributed by atoms with Gasteiger partial charge in [0.1, 0.15) is 6.23 Å². The lowest BCUT2D eigenvalue weighted by Crippen LogP contribution is -2.38. The lowest BCUT2D eigenvalue weighted by molar-refractivity contribution is -0.00838. The Labute approximate surface area is 83.9 Å². The summed E-state index contributed by atoms with van der Waals surface area (Å²) in [6.07, 6.45) is -0.432. The van der Waals surface area contributed by atoms with Crippen molar-refractivity contribution in [3.05, 3.63) is 0 Å². The minimum absolute atomic E-state index is 0.0165. The van der Waals surface area contributed by atoms with E-state index in [9.17, 15) is 0 Å². The molecule has 0 bridgehead atoms. The van der Waals surface area contributed by atoms with Crippen LogP contribution < -0.4 is 10.6 Å². The fourth-order valence-corrected chi connectivity index (χ4v) is 0.879. The molecule has 0 aromatic carbocycles. The van der Waals surface area contributed by atoms with Crippen molar-refractivity contribution >= 4 is 0 Å². The van der Waals surface area contributed by atoms with E-state index in [1.807, 2.05) is 0 Å². The van der Waals surface area contributed by atoms with Crippen LogP contribution in [0.25, 0.3) is 0 Å². The number of ether oxygens (including phenoxy) is 1. The molecule has 1 unspecified atom stereocenters. The zero-order chi connectivity index (χ0) is 10.6. The molecule has 86 valence electrons. The molecular weight excluding hydrogens is 188 g/mol. The molecule has 0 aliphatic carbocycles. The standard InChI is InChI=1S/C8H20N2O4/c11-4-1-9-3-6-14-8(7-13)10-2-5-12/h8-13H,1-7H2. The van der Waals surface area contributed by atoms with Crippen LogP contribution in [0.5, 0.6) is 0 Å². The predicted molar refractivity (Wildman–Crippen MR) is 51.9 cm³/mol. The van der Waals surface area contributed by atoms with Gasteiger partial charge in [-0.25, -0.2) is 0 Å². The summed E-state index contributed by atoms with van der Waals surface area (Å²) in [5.41, 5.74) is 0. The maximum Gasteiger partial charge on any atom is 0.131 e. The summed E-state index contributed by atoms with van der Waals surface area (Å²) in [5.74, 6) is 0. The third-order valence-corrected chi connectivity index (χ3v) is 1.54. The topological polar surface area (TPSA) is 94.0 Å². The Morgan fingerprint density at radius 3 is 2.29 bits per heavy atom. The Hall–Kier alpha value is -0.240. The minimum Gasteiger partial charge on any atom is -0.395 e. The van der Waals surface area contributed by atoms with Crippen molar-refractivity contribution in [2.45, 2.75) is 6.23 Å². The summed E-state index contributed by atoms with van der Waals surface area (Å²) in [5, 5.41) is 31.5. The maximum absolute atomic E-state index is 8.83. The third-order valence-electron chi connectivity index (χ3n) is 1.54. The fraction of sp³-hybridized carbons (Fsp3) is 1.00. The molecular formula is C8H20N2O4. The highest BCUT2D eigenvalue weighted by Gasteiger charge is 2.04. The number of rotatable bonds is 10. The van der Waals surface area contributed by atoms with Crippen LogP contribution in [0.4, 0.5) is 0 Å². The van der Waals surface area contributed by atoms with Gasteiger partial charge in [0.2, 0.25) is 0 Å². The van der Waals surface area contributed by atoms with Gasteiger partial charge in [-0.1, -0.05) is 0 Å². The maximum atomic E-state index is 8.83. The number of nitrogens with one attached hydrogen (secondary N) is 2. The molecule has 0 radical (unpaired) electrons. The second-order valence-electron chi connectivity index (χ2n) is 2.69. The van der Waals surface area contributed by atoms with E-state index in [0.717, 1.165) is 0 Å². The second kappa shape index (κ2) is 10.8. The van der Waals surface area contributed by atoms with E-state index < -0.39 is 6.23 Å². The highest BCUT2D eigenvalue weighted by atomic mass is 16.5. The first-order valence-electron chi connectivity index (χ1n) is 4.73. The molecule has 0 saturated carbocycles. The first-order valence-corrected chi connectivity index (χ1v) is 4.73. The largest absolute Gasteiger partial charge is 0.395 e. The molecule has 1 atom stereocenters. The van der Waals surface area contributed by atoms with Gasteiger partial charge in [-0.15, -0.1) is 0 Å². The van der Waals surface area contributed by atoms with Crippen molar-refractivity contribution in [3.8, 4) is 0 Å². The van der Waals surface area contributed by atoms with Crippen LogP contribution >= 0.6 is 0 Å². The molecule has 0 spiro atoms. The molecule has 0 rings (SSSR count).